The van der Waals surface area contributed by atoms with Gasteiger partial charge in [-0.05, 0) is 363 Å². The predicted octanol–water partition coefficient (Wildman–Crippen LogP) is 18.5. The van der Waals surface area contributed by atoms with E-state index in [2.05, 4.69) is 88.5 Å². The minimum absolute atomic E-state index is 0.135. The number of ether oxygens (including phenoxy) is 5. The highest BCUT2D eigenvalue weighted by Crippen LogP contribution is 2.58. The highest BCUT2D eigenvalue weighted by Gasteiger charge is 2.57. The van der Waals surface area contributed by atoms with Gasteiger partial charge in [0.2, 0.25) is 0 Å². The molecule has 0 aromatic carbocycles. The Kier molecular flexibility index (Phi) is 25.9. The van der Waals surface area contributed by atoms with E-state index in [-0.39, 0.29) is 120 Å². The maximum atomic E-state index is 12.6. The van der Waals surface area contributed by atoms with E-state index >= 15 is 0 Å². The van der Waals surface area contributed by atoms with Crippen molar-refractivity contribution in [2.75, 3.05) is 0 Å². The van der Waals surface area contributed by atoms with Gasteiger partial charge >= 0.3 is 29.8 Å². The number of carbonyl (C=O) groups excluding carboxylic acids is 5. The van der Waals surface area contributed by atoms with Crippen molar-refractivity contribution in [1.29, 1.82) is 0 Å². The molecular weight excluding hydrogens is 1380 g/mol. The Morgan fingerprint density at radius 1 is 0.355 bits per heavy atom. The fourth-order valence-corrected chi connectivity index (χ4v) is 27.3. The summed E-state index contributed by atoms with van der Waals surface area (Å²) >= 11 is 0. The second kappa shape index (κ2) is 34.6. The Hall–Kier alpha value is -4.15. The lowest BCUT2D eigenvalue weighted by atomic mass is 9.75. The Morgan fingerprint density at radius 2 is 0.691 bits per heavy atom. The van der Waals surface area contributed by atoms with E-state index < -0.39 is 29.5 Å². The molecule has 0 aliphatic heterocycles. The quantitative estimate of drug-likeness (QED) is 0.0325. The van der Waals surface area contributed by atoms with Crippen molar-refractivity contribution in [2.45, 2.75) is 382 Å². The molecule has 0 spiro atoms. The van der Waals surface area contributed by atoms with Crippen molar-refractivity contribution < 1.29 is 73.2 Å². The van der Waals surface area contributed by atoms with Crippen LogP contribution in [0.15, 0.2) is 60.8 Å². The van der Waals surface area contributed by atoms with Crippen LogP contribution in [0.4, 0.5) is 0 Å². The summed E-state index contributed by atoms with van der Waals surface area (Å²) in [6.45, 7) is 12.1. The van der Waals surface area contributed by atoms with Gasteiger partial charge in [-0.15, -0.1) is 0 Å². The molecule has 15 heteroatoms. The van der Waals surface area contributed by atoms with Gasteiger partial charge in [0, 0.05) is 0 Å². The molecule has 18 rings (SSSR count). The molecule has 0 heterocycles. The largest absolute Gasteiger partial charge is 0.459 e. The lowest BCUT2D eigenvalue weighted by molar-refractivity contribution is -0.174. The molecule has 0 amide bonds. The monoisotopic (exact) mass is 1530 g/mol. The van der Waals surface area contributed by atoms with Crippen LogP contribution in [-0.2, 0) is 47.7 Å². The van der Waals surface area contributed by atoms with Crippen LogP contribution < -0.4 is 0 Å². The standard InChI is InChI=1S/C21H32O3.C20H30O3.C19H28O3.C18H28O3.C17H26O3/c22-19(18-13-15-8-9-16(18)12-15)14-20(23)24-21(10-4-5-11-21)17-6-2-1-3-7-17;1-3-20(11-14-5-7-16(20)9-14)23-18(21)12-19(2,22)17-10-13-4-6-15(17)8-13;1-2-19(11-13-4-6-15(19)8-13)22-18(21)10-17(20)16-9-12-3-5-14(16)7-12;1-3-18(8-4-5-9-18)21-16(19)12-17(2,20)15-11-13-6-7-14(15)10-13;1-2-17(7-3-4-8-17)20-16(19)11-15(18)14-10-12-5-6-13(14)9-12/h8-9,15-19,22H,1-7,10-14H2;4,6,13-17,22H,3,5,7-12H2,1-2H3;3,5,12-17,20H,2,4,6-11H2,1H3;6-7,13-15,20H,3-5,8-12H2,1-2H3;5-6,12-15,18H,2-4,7-11H2,1H3. The number of hydrogen-bond acceptors (Lipinski definition) is 15. The molecule has 0 saturated heterocycles. The molecule has 13 fully saturated rings. The molecule has 18 aliphatic rings. The second-order valence-corrected chi connectivity index (χ2v) is 40.4. The fourth-order valence-electron chi connectivity index (χ4n) is 27.3. The molecule has 15 nitrogen and oxygen atoms in total. The van der Waals surface area contributed by atoms with Crippen LogP contribution in [0.25, 0.3) is 0 Å². The normalized spacial score (nSPS) is 40.1. The van der Waals surface area contributed by atoms with Crippen molar-refractivity contribution in [3.63, 3.8) is 0 Å². The molecule has 110 heavy (non-hydrogen) atoms. The molecule has 26 atom stereocenters. The van der Waals surface area contributed by atoms with Gasteiger partial charge in [-0.1, -0.05) is 108 Å². The highest BCUT2D eigenvalue weighted by molar-refractivity contribution is 5.73. The van der Waals surface area contributed by atoms with Gasteiger partial charge in [0.15, 0.2) is 0 Å². The van der Waals surface area contributed by atoms with Crippen molar-refractivity contribution in [3.05, 3.63) is 60.8 Å². The summed E-state index contributed by atoms with van der Waals surface area (Å²) in [7, 11) is 0. The number of rotatable bonds is 25. The smallest absolute Gasteiger partial charge is 0.309 e. The number of hydrogen-bond donors (Lipinski definition) is 5. The summed E-state index contributed by atoms with van der Waals surface area (Å²) < 4.78 is 29.7. The zero-order chi connectivity index (χ0) is 77.4. The molecule has 614 valence electrons. The Balaban J connectivity index is 0.000000115. The maximum absolute atomic E-state index is 12.6. The average Bonchev–Trinajstić information content (AvgIpc) is 1.53. The third kappa shape index (κ3) is 18.3. The Bertz CT molecular complexity index is 3320. The fraction of sp³-hybridized carbons (Fsp3) is 0.842. The number of esters is 5. The van der Waals surface area contributed by atoms with E-state index in [1.54, 1.807) is 0 Å². The van der Waals surface area contributed by atoms with Gasteiger partial charge < -0.3 is 49.2 Å². The van der Waals surface area contributed by atoms with Crippen LogP contribution in [0.5, 0.6) is 0 Å². The second-order valence-electron chi connectivity index (χ2n) is 40.4. The number of carbonyl (C=O) groups is 5. The van der Waals surface area contributed by atoms with E-state index in [0.717, 1.165) is 166 Å². The SMILES string of the molecule is CCC1(OC(=O)CC(C)(O)C2CC3C=CC2C3)CC2CCC1C2.CCC1(OC(=O)CC(C)(O)C2CC3C=CC2C3)CCCC1.CCC1(OC(=O)CC(O)C2CC3C=CC2C3)CC2CCC1C2.CCC1(OC(=O)CC(O)C2CC3C=CC2C3)CCCC1.O=C(CC(O)C1CC2C=CC1C2)OC1(C2CCCCC2)CCCC1. The van der Waals surface area contributed by atoms with Crippen LogP contribution in [0.1, 0.15) is 324 Å². The van der Waals surface area contributed by atoms with Crippen LogP contribution in [0, 0.1) is 118 Å². The summed E-state index contributed by atoms with van der Waals surface area (Å²) in [5.74, 6) is 8.94. The minimum atomic E-state index is -0.937. The van der Waals surface area contributed by atoms with Gasteiger partial charge in [0.1, 0.15) is 28.0 Å². The maximum Gasteiger partial charge on any atom is 0.309 e. The summed E-state index contributed by atoms with van der Waals surface area (Å²) in [6.07, 6.45) is 65.2. The van der Waals surface area contributed by atoms with E-state index in [9.17, 15) is 49.5 Å². The molecule has 18 aliphatic carbocycles. The number of aliphatic hydroxyl groups excluding tert-OH is 3. The van der Waals surface area contributed by atoms with E-state index in [1.807, 2.05) is 13.8 Å². The first kappa shape index (κ1) is 82.4. The molecule has 5 N–H and O–H groups in total. The third-order valence-electron chi connectivity index (χ3n) is 33.5. The zero-order valence-electron chi connectivity index (χ0n) is 68.5. The first-order chi connectivity index (χ1) is 52.7. The molecule has 0 aromatic rings. The number of aliphatic hydroxyl groups is 5. The predicted molar refractivity (Wildman–Crippen MR) is 425 cm³/mol. The van der Waals surface area contributed by atoms with Crippen LogP contribution in [0.3, 0.4) is 0 Å². The summed E-state index contributed by atoms with van der Waals surface area (Å²) in [5, 5.41) is 53.1. The van der Waals surface area contributed by atoms with Gasteiger partial charge in [0.25, 0.3) is 0 Å². The van der Waals surface area contributed by atoms with Gasteiger partial charge in [0.05, 0.1) is 61.6 Å². The zero-order valence-corrected chi connectivity index (χ0v) is 68.5. The summed E-state index contributed by atoms with van der Waals surface area (Å²) in [4.78, 5) is 62.1. The van der Waals surface area contributed by atoms with Crippen LogP contribution >= 0.6 is 0 Å². The summed E-state index contributed by atoms with van der Waals surface area (Å²) in [5.41, 5.74) is -3.00. The Labute approximate surface area is 660 Å². The van der Waals surface area contributed by atoms with Crippen molar-refractivity contribution in [1.82, 2.24) is 0 Å². The van der Waals surface area contributed by atoms with Crippen molar-refractivity contribution in [3.8, 4) is 0 Å². The Morgan fingerprint density at radius 3 is 1.01 bits per heavy atom. The van der Waals surface area contributed by atoms with Crippen LogP contribution in [0.2, 0.25) is 0 Å². The van der Waals surface area contributed by atoms with Crippen molar-refractivity contribution >= 4 is 29.8 Å². The lowest BCUT2D eigenvalue weighted by Crippen LogP contribution is -2.44. The number of allylic oxidation sites excluding steroid dienone is 10. The third-order valence-corrected chi connectivity index (χ3v) is 33.5. The van der Waals surface area contributed by atoms with Gasteiger partial charge in [-0.2, -0.15) is 0 Å². The summed E-state index contributed by atoms with van der Waals surface area (Å²) in [6, 6.07) is 0. The minimum Gasteiger partial charge on any atom is -0.459 e. The van der Waals surface area contributed by atoms with Crippen LogP contribution in [-0.4, -0.2) is 113 Å². The molecule has 0 aromatic heterocycles. The average molecular weight is 1530 g/mol. The van der Waals surface area contributed by atoms with Gasteiger partial charge in [-0.25, -0.2) is 0 Å². The van der Waals surface area contributed by atoms with E-state index in [4.69, 9.17) is 23.7 Å². The molecule has 13 saturated carbocycles. The molecule has 0 radical (unpaired) electrons. The topological polar surface area (TPSA) is 233 Å². The van der Waals surface area contributed by atoms with E-state index in [0.29, 0.717) is 76.9 Å². The molecular formula is C95H144O15. The van der Waals surface area contributed by atoms with Gasteiger partial charge in [-0.3, -0.25) is 24.0 Å². The first-order valence-electron chi connectivity index (χ1n) is 45.7. The number of fused-ring (bicyclic) bond motifs is 14. The molecule has 26 unspecified atom stereocenters. The lowest BCUT2D eigenvalue weighted by Gasteiger charge is -2.39. The first-order valence-corrected chi connectivity index (χ1v) is 45.7. The van der Waals surface area contributed by atoms with Crippen molar-refractivity contribution in [2.24, 2.45) is 118 Å². The van der Waals surface area contributed by atoms with E-state index in [1.165, 1.54) is 96.3 Å². The highest BCUT2D eigenvalue weighted by atomic mass is 16.6. The molecule has 14 bridgehead atoms.